The summed E-state index contributed by atoms with van der Waals surface area (Å²) < 4.78 is 11.7. The monoisotopic (exact) mass is 484 g/mol. The summed E-state index contributed by atoms with van der Waals surface area (Å²) in [4.78, 5) is 27.7. The van der Waals surface area contributed by atoms with Crippen molar-refractivity contribution in [2.24, 2.45) is 0 Å². The molecular weight excluding hydrogens is 456 g/mol. The number of ether oxygens (including phenoxy) is 2. The van der Waals surface area contributed by atoms with Crippen LogP contribution in [0.4, 0.5) is 10.5 Å². The van der Waals surface area contributed by atoms with Crippen molar-refractivity contribution in [1.29, 1.82) is 0 Å². The summed E-state index contributed by atoms with van der Waals surface area (Å²) in [7, 11) is 0. The molecule has 0 radical (unpaired) electrons. The van der Waals surface area contributed by atoms with E-state index in [1.807, 2.05) is 6.07 Å². The van der Waals surface area contributed by atoms with Gasteiger partial charge in [-0.2, -0.15) is 0 Å². The number of aromatic carboxylic acids is 1. The zero-order chi connectivity index (χ0) is 24.1. The fraction of sp³-hybridized carbons (Fsp3) is 0.462. The molecule has 34 heavy (non-hydrogen) atoms. The second-order valence-electron chi connectivity index (χ2n) is 10.2. The lowest BCUT2D eigenvalue weighted by Crippen LogP contribution is -2.46. The van der Waals surface area contributed by atoms with Gasteiger partial charge in [0.15, 0.2) is 0 Å². The molecule has 0 unspecified atom stereocenters. The van der Waals surface area contributed by atoms with Crippen molar-refractivity contribution in [3.8, 4) is 5.75 Å². The maximum atomic E-state index is 12.6. The van der Waals surface area contributed by atoms with E-state index in [-0.39, 0.29) is 17.1 Å². The number of carboxylic acid groups (broad SMARTS) is 1. The fourth-order valence-electron chi connectivity index (χ4n) is 5.18. The van der Waals surface area contributed by atoms with E-state index in [2.05, 4.69) is 24.8 Å². The molecule has 3 aliphatic heterocycles. The minimum Gasteiger partial charge on any atom is -0.492 e. The summed E-state index contributed by atoms with van der Waals surface area (Å²) in [5, 5.41) is 9.77. The number of hydrogen-bond donors (Lipinski definition) is 1. The SMILES string of the molecule is CC1(C)CCOc2c(Cl)cc(CN3CCC4(CC3)CN(c3ccc(C(=O)O)cc3)C(=O)O4)cc21. The number of piperidine rings is 1. The molecule has 2 aromatic carbocycles. The summed E-state index contributed by atoms with van der Waals surface area (Å²) in [5.74, 6) is -0.177. The van der Waals surface area contributed by atoms with Crippen LogP contribution in [-0.2, 0) is 16.7 Å². The largest absolute Gasteiger partial charge is 0.492 e. The Morgan fingerprint density at radius 2 is 1.82 bits per heavy atom. The summed E-state index contributed by atoms with van der Waals surface area (Å²) in [6.45, 7) is 8.03. The molecule has 7 nitrogen and oxygen atoms in total. The third-order valence-corrected chi connectivity index (χ3v) is 7.66. The van der Waals surface area contributed by atoms with Crippen LogP contribution in [0.1, 0.15) is 54.6 Å². The highest BCUT2D eigenvalue weighted by molar-refractivity contribution is 6.32. The highest BCUT2D eigenvalue weighted by Crippen LogP contribution is 2.43. The van der Waals surface area contributed by atoms with Gasteiger partial charge in [0.05, 0.1) is 23.7 Å². The number of fused-ring (bicyclic) bond motifs is 1. The Bertz CT molecular complexity index is 1120. The molecule has 2 fully saturated rings. The molecule has 3 heterocycles. The van der Waals surface area contributed by atoms with E-state index in [0.29, 0.717) is 23.9 Å². The molecule has 0 aliphatic carbocycles. The molecule has 0 bridgehead atoms. The molecule has 3 aliphatic rings. The van der Waals surface area contributed by atoms with Gasteiger partial charge < -0.3 is 14.6 Å². The number of rotatable bonds is 4. The number of amides is 1. The van der Waals surface area contributed by atoms with Gasteiger partial charge in [0.25, 0.3) is 0 Å². The molecular formula is C26H29ClN2O5. The molecule has 180 valence electrons. The van der Waals surface area contributed by atoms with Crippen molar-refractivity contribution in [1.82, 2.24) is 4.90 Å². The van der Waals surface area contributed by atoms with E-state index in [9.17, 15) is 9.59 Å². The van der Waals surface area contributed by atoms with Crippen LogP contribution in [0.2, 0.25) is 5.02 Å². The number of carbonyl (C=O) groups excluding carboxylic acids is 1. The minimum absolute atomic E-state index is 0.0311. The molecule has 0 atom stereocenters. The summed E-state index contributed by atoms with van der Waals surface area (Å²) in [6.07, 6.45) is 2.08. The predicted octanol–water partition coefficient (Wildman–Crippen LogP) is 5.09. The van der Waals surface area contributed by atoms with Crippen molar-refractivity contribution in [3.05, 3.63) is 58.1 Å². The smallest absolute Gasteiger partial charge is 0.415 e. The van der Waals surface area contributed by atoms with Crippen molar-refractivity contribution in [2.75, 3.05) is 31.1 Å². The van der Waals surface area contributed by atoms with Crippen molar-refractivity contribution in [2.45, 2.75) is 50.7 Å². The first-order valence-corrected chi connectivity index (χ1v) is 12.1. The van der Waals surface area contributed by atoms with Crippen molar-refractivity contribution >= 4 is 29.4 Å². The number of carbonyl (C=O) groups is 2. The van der Waals surface area contributed by atoms with Crippen LogP contribution < -0.4 is 9.64 Å². The lowest BCUT2D eigenvalue weighted by atomic mass is 9.79. The number of hydrogen-bond acceptors (Lipinski definition) is 5. The molecule has 1 amide bonds. The number of anilines is 1. The van der Waals surface area contributed by atoms with Gasteiger partial charge in [0.2, 0.25) is 0 Å². The summed E-state index contributed by atoms with van der Waals surface area (Å²) >= 11 is 6.57. The Morgan fingerprint density at radius 3 is 2.50 bits per heavy atom. The maximum absolute atomic E-state index is 12.6. The third kappa shape index (κ3) is 4.23. The zero-order valence-electron chi connectivity index (χ0n) is 19.5. The quantitative estimate of drug-likeness (QED) is 0.651. The first-order chi connectivity index (χ1) is 16.2. The van der Waals surface area contributed by atoms with E-state index >= 15 is 0 Å². The predicted molar refractivity (Wildman–Crippen MR) is 129 cm³/mol. The van der Waals surface area contributed by atoms with Crippen LogP contribution in [0.3, 0.4) is 0 Å². The molecule has 2 aromatic rings. The average Bonchev–Trinajstić information content (AvgIpc) is 3.12. The Kier molecular flexibility index (Phi) is 5.73. The lowest BCUT2D eigenvalue weighted by molar-refractivity contribution is -0.000990. The Morgan fingerprint density at radius 1 is 1.12 bits per heavy atom. The molecule has 8 heteroatoms. The first kappa shape index (κ1) is 23.0. The van der Waals surface area contributed by atoms with E-state index < -0.39 is 11.6 Å². The molecule has 1 spiro atoms. The van der Waals surface area contributed by atoms with Gasteiger partial charge >= 0.3 is 12.1 Å². The Balaban J connectivity index is 1.24. The second-order valence-corrected chi connectivity index (χ2v) is 10.6. The van der Waals surface area contributed by atoms with E-state index in [1.54, 1.807) is 17.0 Å². The van der Waals surface area contributed by atoms with Gasteiger partial charge in [-0.1, -0.05) is 31.5 Å². The average molecular weight is 485 g/mol. The number of halogens is 1. The van der Waals surface area contributed by atoms with Gasteiger partial charge in [-0.05, 0) is 47.7 Å². The topological polar surface area (TPSA) is 79.3 Å². The molecule has 5 rings (SSSR count). The zero-order valence-corrected chi connectivity index (χ0v) is 20.2. The van der Waals surface area contributed by atoms with Crippen LogP contribution in [0, 0.1) is 0 Å². The van der Waals surface area contributed by atoms with Gasteiger partial charge in [-0.3, -0.25) is 9.80 Å². The Hall–Kier alpha value is -2.77. The van der Waals surface area contributed by atoms with Crippen LogP contribution >= 0.6 is 11.6 Å². The van der Waals surface area contributed by atoms with E-state index in [4.69, 9.17) is 26.2 Å². The maximum Gasteiger partial charge on any atom is 0.415 e. The van der Waals surface area contributed by atoms with Crippen LogP contribution in [0.25, 0.3) is 0 Å². The van der Waals surface area contributed by atoms with Crippen molar-refractivity contribution in [3.63, 3.8) is 0 Å². The molecule has 0 saturated carbocycles. The lowest BCUT2D eigenvalue weighted by Gasteiger charge is -2.38. The van der Waals surface area contributed by atoms with E-state index in [0.717, 1.165) is 44.6 Å². The fourth-order valence-corrected chi connectivity index (χ4v) is 5.47. The molecule has 0 aromatic heterocycles. The van der Waals surface area contributed by atoms with Crippen LogP contribution in [0.5, 0.6) is 5.75 Å². The van der Waals surface area contributed by atoms with Gasteiger partial charge in [-0.25, -0.2) is 9.59 Å². The first-order valence-electron chi connectivity index (χ1n) is 11.7. The summed E-state index contributed by atoms with van der Waals surface area (Å²) in [6, 6.07) is 10.6. The highest BCUT2D eigenvalue weighted by Gasteiger charge is 2.47. The van der Waals surface area contributed by atoms with Gasteiger partial charge in [0, 0.05) is 43.7 Å². The number of nitrogens with zero attached hydrogens (tertiary/aromatic N) is 2. The normalized spacial score (nSPS) is 21.1. The standard InChI is InChI=1S/C26H29ClN2O5/c1-25(2)9-12-33-22-20(25)13-17(14-21(22)27)15-28-10-7-26(8-11-28)16-29(24(32)34-26)19-5-3-18(4-6-19)23(30)31/h3-6,13-14H,7-12,15-16H2,1-2H3,(H,30,31). The third-order valence-electron chi connectivity index (χ3n) is 7.38. The summed E-state index contributed by atoms with van der Waals surface area (Å²) in [5.41, 5.74) is 2.71. The van der Waals surface area contributed by atoms with Crippen molar-refractivity contribution < 1.29 is 24.2 Å². The molecule has 2 saturated heterocycles. The van der Waals surface area contributed by atoms with Gasteiger partial charge in [-0.15, -0.1) is 0 Å². The highest BCUT2D eigenvalue weighted by atomic mass is 35.5. The second kappa shape index (κ2) is 8.47. The Labute approximate surface area is 204 Å². The minimum atomic E-state index is -0.990. The molecule has 1 N–H and O–H groups in total. The van der Waals surface area contributed by atoms with Gasteiger partial charge in [0.1, 0.15) is 11.4 Å². The van der Waals surface area contributed by atoms with E-state index in [1.165, 1.54) is 23.3 Å². The van der Waals surface area contributed by atoms with Crippen LogP contribution in [-0.4, -0.2) is 53.9 Å². The number of carboxylic acids is 1. The number of likely N-dealkylation sites (tertiary alicyclic amines) is 1. The van der Waals surface area contributed by atoms with Crippen LogP contribution in [0.15, 0.2) is 36.4 Å². The number of benzene rings is 2.